The summed E-state index contributed by atoms with van der Waals surface area (Å²) < 4.78 is 0. The average Bonchev–Trinajstić information content (AvgIpc) is 2.56. The summed E-state index contributed by atoms with van der Waals surface area (Å²) in [5.41, 5.74) is 5.31. The molecule has 2 unspecified atom stereocenters. The monoisotopic (exact) mass is 311 g/mol. The predicted octanol–water partition coefficient (Wildman–Crippen LogP) is 5.07. The lowest BCUT2D eigenvalue weighted by atomic mass is 9.96. The molecule has 0 heterocycles. The SMILES string of the molecule is C=Cc1ccccc1C(SCC(C)NC)c1ccccc1C. The van der Waals surface area contributed by atoms with E-state index in [2.05, 4.69) is 74.3 Å². The predicted molar refractivity (Wildman–Crippen MR) is 101 cm³/mol. The maximum absolute atomic E-state index is 3.98. The minimum absolute atomic E-state index is 0.339. The second-order valence-electron chi connectivity index (χ2n) is 5.59. The van der Waals surface area contributed by atoms with Crippen LogP contribution in [0.5, 0.6) is 0 Å². The molecule has 0 aromatic heterocycles. The van der Waals surface area contributed by atoms with Crippen molar-refractivity contribution in [2.75, 3.05) is 12.8 Å². The Morgan fingerprint density at radius 3 is 2.36 bits per heavy atom. The van der Waals surface area contributed by atoms with E-state index in [4.69, 9.17) is 0 Å². The molecule has 0 aliphatic carbocycles. The molecule has 0 amide bonds. The Morgan fingerprint density at radius 1 is 1.09 bits per heavy atom. The molecule has 1 N–H and O–H groups in total. The van der Waals surface area contributed by atoms with Gasteiger partial charge in [-0.2, -0.15) is 0 Å². The first-order valence-corrected chi connectivity index (χ1v) is 8.78. The topological polar surface area (TPSA) is 12.0 Å². The Morgan fingerprint density at radius 2 is 1.73 bits per heavy atom. The zero-order valence-electron chi connectivity index (χ0n) is 13.7. The van der Waals surface area contributed by atoms with Gasteiger partial charge < -0.3 is 5.32 Å². The fourth-order valence-corrected chi connectivity index (χ4v) is 3.97. The van der Waals surface area contributed by atoms with Gasteiger partial charge in [-0.25, -0.2) is 0 Å². The Kier molecular flexibility index (Phi) is 6.29. The van der Waals surface area contributed by atoms with Crippen molar-refractivity contribution in [3.8, 4) is 0 Å². The molecular formula is C20H25NS. The number of rotatable bonds is 7. The first-order chi connectivity index (χ1) is 10.7. The highest BCUT2D eigenvalue weighted by Crippen LogP contribution is 2.39. The lowest BCUT2D eigenvalue weighted by Gasteiger charge is -2.23. The number of hydrogen-bond acceptors (Lipinski definition) is 2. The van der Waals surface area contributed by atoms with E-state index in [1.54, 1.807) is 0 Å². The summed E-state index contributed by atoms with van der Waals surface area (Å²) >= 11 is 1.99. The van der Waals surface area contributed by atoms with Gasteiger partial charge in [-0.15, -0.1) is 11.8 Å². The van der Waals surface area contributed by atoms with E-state index in [-0.39, 0.29) is 0 Å². The van der Waals surface area contributed by atoms with Gasteiger partial charge in [-0.05, 0) is 43.1 Å². The highest BCUT2D eigenvalue weighted by Gasteiger charge is 2.19. The van der Waals surface area contributed by atoms with E-state index >= 15 is 0 Å². The lowest BCUT2D eigenvalue weighted by Crippen LogP contribution is -2.24. The molecule has 0 saturated carbocycles. The standard InChI is InChI=1S/C20H25NS/c1-5-17-11-7-9-13-19(17)20(22-14-16(3)21-4)18-12-8-6-10-15(18)2/h5-13,16,20-21H,1,14H2,2-4H3. The largest absolute Gasteiger partial charge is 0.316 e. The molecular weight excluding hydrogens is 286 g/mol. The lowest BCUT2D eigenvalue weighted by molar-refractivity contribution is 0.677. The number of nitrogens with one attached hydrogen (secondary N) is 1. The summed E-state index contributed by atoms with van der Waals surface area (Å²) in [7, 11) is 2.02. The quantitative estimate of drug-likeness (QED) is 0.766. The van der Waals surface area contributed by atoms with Gasteiger partial charge in [-0.1, -0.05) is 61.2 Å². The second kappa shape index (κ2) is 8.21. The minimum Gasteiger partial charge on any atom is -0.316 e. The molecule has 0 aliphatic rings. The van der Waals surface area contributed by atoms with Crippen molar-refractivity contribution in [2.45, 2.75) is 25.1 Å². The molecule has 2 aromatic rings. The van der Waals surface area contributed by atoms with Gasteiger partial charge >= 0.3 is 0 Å². The van der Waals surface area contributed by atoms with Gasteiger partial charge in [0.1, 0.15) is 0 Å². The van der Waals surface area contributed by atoms with Crippen LogP contribution in [0.2, 0.25) is 0 Å². The molecule has 2 rings (SSSR count). The molecule has 2 aromatic carbocycles. The third-order valence-electron chi connectivity index (χ3n) is 3.98. The molecule has 0 spiro atoms. The Balaban J connectivity index is 2.41. The summed E-state index contributed by atoms with van der Waals surface area (Å²) in [6, 6.07) is 17.8. The highest BCUT2D eigenvalue weighted by molar-refractivity contribution is 7.99. The van der Waals surface area contributed by atoms with Gasteiger partial charge in [0.15, 0.2) is 0 Å². The van der Waals surface area contributed by atoms with E-state index in [1.165, 1.54) is 22.3 Å². The van der Waals surface area contributed by atoms with Gasteiger partial charge in [0.25, 0.3) is 0 Å². The minimum atomic E-state index is 0.339. The molecule has 2 heteroatoms. The summed E-state index contributed by atoms with van der Waals surface area (Å²) in [6.07, 6.45) is 1.96. The molecule has 0 fully saturated rings. The van der Waals surface area contributed by atoms with Crippen molar-refractivity contribution in [2.24, 2.45) is 0 Å². The number of aryl methyl sites for hydroxylation is 1. The van der Waals surface area contributed by atoms with Crippen LogP contribution < -0.4 is 5.32 Å². The molecule has 116 valence electrons. The van der Waals surface area contributed by atoms with Crippen molar-refractivity contribution in [1.82, 2.24) is 5.32 Å². The summed E-state index contributed by atoms with van der Waals surface area (Å²) in [6.45, 7) is 8.40. The molecule has 22 heavy (non-hydrogen) atoms. The summed E-state index contributed by atoms with van der Waals surface area (Å²) in [4.78, 5) is 0. The zero-order valence-corrected chi connectivity index (χ0v) is 14.5. The van der Waals surface area contributed by atoms with E-state index in [0.29, 0.717) is 11.3 Å². The van der Waals surface area contributed by atoms with Gasteiger partial charge in [0.05, 0.1) is 5.25 Å². The van der Waals surface area contributed by atoms with Crippen LogP contribution in [0.4, 0.5) is 0 Å². The third kappa shape index (κ3) is 4.02. The Hall–Kier alpha value is -1.51. The highest BCUT2D eigenvalue weighted by atomic mass is 32.2. The maximum Gasteiger partial charge on any atom is 0.0555 e. The van der Waals surface area contributed by atoms with E-state index < -0.39 is 0 Å². The molecule has 0 saturated heterocycles. The Labute approximate surface area is 138 Å². The van der Waals surface area contributed by atoms with Crippen LogP contribution in [0, 0.1) is 6.92 Å². The number of benzene rings is 2. The van der Waals surface area contributed by atoms with E-state index in [9.17, 15) is 0 Å². The first-order valence-electron chi connectivity index (χ1n) is 7.73. The fourth-order valence-electron chi connectivity index (χ4n) is 2.49. The van der Waals surface area contributed by atoms with Crippen molar-refractivity contribution in [3.05, 3.63) is 77.4 Å². The van der Waals surface area contributed by atoms with Crippen LogP contribution in [0.3, 0.4) is 0 Å². The molecule has 2 atom stereocenters. The fraction of sp³-hybridized carbons (Fsp3) is 0.300. The zero-order chi connectivity index (χ0) is 15.9. The number of hydrogen-bond donors (Lipinski definition) is 1. The van der Waals surface area contributed by atoms with Crippen LogP contribution >= 0.6 is 11.8 Å². The van der Waals surface area contributed by atoms with Crippen LogP contribution in [0.1, 0.15) is 34.4 Å². The molecule has 0 radical (unpaired) electrons. The van der Waals surface area contributed by atoms with Gasteiger partial charge in [-0.3, -0.25) is 0 Å². The van der Waals surface area contributed by atoms with Crippen molar-refractivity contribution in [1.29, 1.82) is 0 Å². The molecule has 0 aliphatic heterocycles. The third-order valence-corrected chi connectivity index (χ3v) is 5.51. The molecule has 1 nitrogen and oxygen atoms in total. The maximum atomic E-state index is 3.98. The van der Waals surface area contributed by atoms with Crippen LogP contribution in [-0.4, -0.2) is 18.8 Å². The van der Waals surface area contributed by atoms with Crippen molar-refractivity contribution < 1.29 is 0 Å². The Bertz CT molecular complexity index is 621. The van der Waals surface area contributed by atoms with Crippen molar-refractivity contribution in [3.63, 3.8) is 0 Å². The van der Waals surface area contributed by atoms with Crippen LogP contribution in [0.15, 0.2) is 55.1 Å². The van der Waals surface area contributed by atoms with Crippen LogP contribution in [-0.2, 0) is 0 Å². The summed E-state index contributed by atoms with van der Waals surface area (Å²) in [5.74, 6) is 1.07. The van der Waals surface area contributed by atoms with Crippen molar-refractivity contribution >= 4 is 17.8 Å². The van der Waals surface area contributed by atoms with E-state index in [0.717, 1.165) is 5.75 Å². The van der Waals surface area contributed by atoms with E-state index in [1.807, 2.05) is 24.9 Å². The smallest absolute Gasteiger partial charge is 0.0555 e. The normalized spacial score (nSPS) is 13.6. The molecule has 0 bridgehead atoms. The summed E-state index contributed by atoms with van der Waals surface area (Å²) in [5, 5.41) is 3.66. The van der Waals surface area contributed by atoms with Gasteiger partial charge in [0.2, 0.25) is 0 Å². The van der Waals surface area contributed by atoms with Crippen LogP contribution in [0.25, 0.3) is 6.08 Å². The second-order valence-corrected chi connectivity index (χ2v) is 6.73. The number of thioether (sulfide) groups is 1. The van der Waals surface area contributed by atoms with Gasteiger partial charge in [0, 0.05) is 11.8 Å². The average molecular weight is 311 g/mol. The first kappa shape index (κ1) is 16.9.